The van der Waals surface area contributed by atoms with Gasteiger partial charge in [0.15, 0.2) is 0 Å². The minimum absolute atomic E-state index is 0.689. The lowest BCUT2D eigenvalue weighted by atomic mass is 10.0. The van der Waals surface area contributed by atoms with Crippen molar-refractivity contribution in [1.29, 1.82) is 0 Å². The standard InChI is InChI=1S/C17H19N3O/c1-3-10-20-16(8-9-18-20)17(21)14-11-12(2)19-15-7-5-4-6-13(14)15/h4-9,11,17,21H,3,10H2,1-2H3. The van der Waals surface area contributed by atoms with Gasteiger partial charge in [0, 0.05) is 23.8 Å². The van der Waals surface area contributed by atoms with E-state index in [-0.39, 0.29) is 0 Å². The van der Waals surface area contributed by atoms with Gasteiger partial charge in [0.05, 0.1) is 11.2 Å². The first kappa shape index (κ1) is 13.8. The Bertz CT molecular complexity index is 764. The molecule has 1 aromatic carbocycles. The van der Waals surface area contributed by atoms with Gasteiger partial charge in [0.1, 0.15) is 6.10 Å². The Morgan fingerprint density at radius 1 is 1.24 bits per heavy atom. The molecule has 4 nitrogen and oxygen atoms in total. The molecule has 2 aromatic heterocycles. The number of benzene rings is 1. The highest BCUT2D eigenvalue weighted by Gasteiger charge is 2.18. The molecular weight excluding hydrogens is 262 g/mol. The molecule has 0 aliphatic rings. The summed E-state index contributed by atoms with van der Waals surface area (Å²) in [5, 5.41) is 16.1. The highest BCUT2D eigenvalue weighted by molar-refractivity contribution is 5.83. The number of aliphatic hydroxyl groups is 1. The van der Waals surface area contributed by atoms with Gasteiger partial charge in [0.25, 0.3) is 0 Å². The molecule has 2 heterocycles. The summed E-state index contributed by atoms with van der Waals surface area (Å²) in [5.41, 5.74) is 3.53. The number of rotatable bonds is 4. The quantitative estimate of drug-likeness (QED) is 0.798. The van der Waals surface area contributed by atoms with Crippen LogP contribution in [0.2, 0.25) is 0 Å². The summed E-state index contributed by atoms with van der Waals surface area (Å²) in [6, 6.07) is 11.7. The molecule has 0 bridgehead atoms. The van der Waals surface area contributed by atoms with Crippen LogP contribution in [0.15, 0.2) is 42.6 Å². The summed E-state index contributed by atoms with van der Waals surface area (Å²) in [7, 11) is 0. The van der Waals surface area contributed by atoms with Gasteiger partial charge in [-0.3, -0.25) is 9.67 Å². The van der Waals surface area contributed by atoms with E-state index in [4.69, 9.17) is 0 Å². The molecule has 1 unspecified atom stereocenters. The number of fused-ring (bicyclic) bond motifs is 1. The van der Waals surface area contributed by atoms with Crippen LogP contribution in [-0.4, -0.2) is 19.9 Å². The first-order valence-corrected chi connectivity index (χ1v) is 7.26. The monoisotopic (exact) mass is 281 g/mol. The second-order valence-corrected chi connectivity index (χ2v) is 5.25. The van der Waals surface area contributed by atoms with E-state index in [1.54, 1.807) is 6.20 Å². The molecule has 1 atom stereocenters. The van der Waals surface area contributed by atoms with Crippen LogP contribution in [0.5, 0.6) is 0 Å². The predicted octanol–water partition coefficient (Wildman–Crippen LogP) is 3.23. The number of aromatic nitrogens is 3. The van der Waals surface area contributed by atoms with Crippen molar-refractivity contribution in [1.82, 2.24) is 14.8 Å². The maximum absolute atomic E-state index is 10.8. The summed E-state index contributed by atoms with van der Waals surface area (Å²) in [6.45, 7) is 4.86. The molecule has 0 aliphatic heterocycles. The van der Waals surface area contributed by atoms with Crippen molar-refractivity contribution in [3.8, 4) is 0 Å². The number of hydrogen-bond donors (Lipinski definition) is 1. The molecule has 0 radical (unpaired) electrons. The van der Waals surface area contributed by atoms with Crippen LogP contribution in [0.3, 0.4) is 0 Å². The first-order chi connectivity index (χ1) is 10.2. The molecule has 1 N–H and O–H groups in total. The van der Waals surface area contributed by atoms with E-state index in [1.807, 2.05) is 48.0 Å². The summed E-state index contributed by atoms with van der Waals surface area (Å²) >= 11 is 0. The van der Waals surface area contributed by atoms with Crippen LogP contribution in [0.4, 0.5) is 0 Å². The third-order valence-electron chi connectivity index (χ3n) is 3.64. The van der Waals surface area contributed by atoms with Gasteiger partial charge < -0.3 is 5.11 Å². The summed E-state index contributed by atoms with van der Waals surface area (Å²) in [6.07, 6.45) is 2.03. The lowest BCUT2D eigenvalue weighted by molar-refractivity contribution is 0.208. The predicted molar refractivity (Wildman–Crippen MR) is 83.1 cm³/mol. The van der Waals surface area contributed by atoms with Gasteiger partial charge >= 0.3 is 0 Å². The van der Waals surface area contributed by atoms with Crippen molar-refractivity contribution >= 4 is 10.9 Å². The number of aliphatic hydroxyl groups excluding tert-OH is 1. The molecule has 3 aromatic rings. The molecule has 0 aliphatic carbocycles. The molecule has 108 valence electrons. The highest BCUT2D eigenvalue weighted by atomic mass is 16.3. The summed E-state index contributed by atoms with van der Waals surface area (Å²) < 4.78 is 1.87. The van der Waals surface area contributed by atoms with Gasteiger partial charge in [-0.2, -0.15) is 5.10 Å². The molecular formula is C17H19N3O. The lowest BCUT2D eigenvalue weighted by Gasteiger charge is -2.16. The maximum atomic E-state index is 10.8. The average Bonchev–Trinajstić information content (AvgIpc) is 2.94. The third kappa shape index (κ3) is 2.54. The van der Waals surface area contributed by atoms with E-state index < -0.39 is 6.10 Å². The van der Waals surface area contributed by atoms with E-state index >= 15 is 0 Å². The van der Waals surface area contributed by atoms with E-state index in [0.717, 1.165) is 40.8 Å². The fourth-order valence-corrected chi connectivity index (χ4v) is 2.70. The van der Waals surface area contributed by atoms with Crippen molar-refractivity contribution in [2.24, 2.45) is 0 Å². The second kappa shape index (κ2) is 5.66. The van der Waals surface area contributed by atoms with E-state index in [0.29, 0.717) is 0 Å². The van der Waals surface area contributed by atoms with Crippen LogP contribution < -0.4 is 0 Å². The summed E-state index contributed by atoms with van der Waals surface area (Å²) in [4.78, 5) is 4.53. The van der Waals surface area contributed by atoms with Gasteiger partial charge in [-0.05, 0) is 37.1 Å². The zero-order chi connectivity index (χ0) is 14.8. The van der Waals surface area contributed by atoms with E-state index in [9.17, 15) is 5.11 Å². The Balaban J connectivity index is 2.13. The fourth-order valence-electron chi connectivity index (χ4n) is 2.70. The molecule has 0 saturated carbocycles. The Labute approximate surface area is 124 Å². The Kier molecular flexibility index (Phi) is 3.71. The molecule has 0 amide bonds. The van der Waals surface area contributed by atoms with E-state index in [1.165, 1.54) is 0 Å². The van der Waals surface area contributed by atoms with Crippen molar-refractivity contribution in [3.63, 3.8) is 0 Å². The van der Waals surface area contributed by atoms with Crippen molar-refractivity contribution in [2.45, 2.75) is 32.9 Å². The average molecular weight is 281 g/mol. The Morgan fingerprint density at radius 2 is 2.05 bits per heavy atom. The zero-order valence-electron chi connectivity index (χ0n) is 12.3. The van der Waals surface area contributed by atoms with Crippen molar-refractivity contribution < 1.29 is 5.11 Å². The van der Waals surface area contributed by atoms with Crippen LogP contribution >= 0.6 is 0 Å². The zero-order valence-corrected chi connectivity index (χ0v) is 12.3. The molecule has 21 heavy (non-hydrogen) atoms. The molecule has 4 heteroatoms. The molecule has 0 spiro atoms. The second-order valence-electron chi connectivity index (χ2n) is 5.25. The number of aryl methyl sites for hydroxylation is 2. The minimum atomic E-state index is -0.689. The normalized spacial score (nSPS) is 12.7. The minimum Gasteiger partial charge on any atom is -0.382 e. The number of para-hydroxylation sites is 1. The fraction of sp³-hybridized carbons (Fsp3) is 0.294. The summed E-state index contributed by atoms with van der Waals surface area (Å²) in [5.74, 6) is 0. The van der Waals surface area contributed by atoms with Gasteiger partial charge in [-0.15, -0.1) is 0 Å². The molecule has 0 fully saturated rings. The van der Waals surface area contributed by atoms with E-state index in [2.05, 4.69) is 17.0 Å². The van der Waals surface area contributed by atoms with Crippen LogP contribution in [0.1, 0.15) is 36.4 Å². The lowest BCUT2D eigenvalue weighted by Crippen LogP contribution is -2.11. The molecule has 0 saturated heterocycles. The van der Waals surface area contributed by atoms with Crippen molar-refractivity contribution in [3.05, 3.63) is 59.5 Å². The SMILES string of the molecule is CCCn1nccc1C(O)c1cc(C)nc2ccccc12. The number of nitrogens with zero attached hydrogens (tertiary/aromatic N) is 3. The van der Waals surface area contributed by atoms with Gasteiger partial charge in [0.2, 0.25) is 0 Å². The topological polar surface area (TPSA) is 50.9 Å². The first-order valence-electron chi connectivity index (χ1n) is 7.26. The Morgan fingerprint density at radius 3 is 2.86 bits per heavy atom. The highest BCUT2D eigenvalue weighted by Crippen LogP contribution is 2.28. The Hall–Kier alpha value is -2.20. The largest absolute Gasteiger partial charge is 0.382 e. The van der Waals surface area contributed by atoms with Gasteiger partial charge in [-0.25, -0.2) is 0 Å². The number of hydrogen-bond acceptors (Lipinski definition) is 3. The van der Waals surface area contributed by atoms with Crippen molar-refractivity contribution in [2.75, 3.05) is 0 Å². The van der Waals surface area contributed by atoms with Crippen LogP contribution in [-0.2, 0) is 6.54 Å². The van der Waals surface area contributed by atoms with Gasteiger partial charge in [-0.1, -0.05) is 25.1 Å². The van der Waals surface area contributed by atoms with Crippen LogP contribution in [0.25, 0.3) is 10.9 Å². The smallest absolute Gasteiger partial charge is 0.121 e. The third-order valence-corrected chi connectivity index (χ3v) is 3.64. The van der Waals surface area contributed by atoms with Crippen LogP contribution in [0, 0.1) is 6.92 Å². The molecule has 3 rings (SSSR count). The number of pyridine rings is 1. The maximum Gasteiger partial charge on any atom is 0.121 e.